The van der Waals surface area contributed by atoms with Gasteiger partial charge in [-0.1, -0.05) is 0 Å². The number of benzene rings is 1. The van der Waals surface area contributed by atoms with E-state index in [1.807, 2.05) is 18.2 Å². The Bertz CT molecular complexity index is 696. The van der Waals surface area contributed by atoms with Crippen molar-refractivity contribution in [1.82, 2.24) is 15.8 Å². The smallest absolute Gasteiger partial charge is 0.235 e. The molecule has 1 aromatic rings. The maximum Gasteiger partial charge on any atom is 0.235 e. The fourth-order valence-electron chi connectivity index (χ4n) is 3.78. The van der Waals surface area contributed by atoms with Crippen molar-refractivity contribution in [2.75, 3.05) is 38.2 Å². The van der Waals surface area contributed by atoms with Gasteiger partial charge in [-0.25, -0.2) is 5.43 Å². The normalized spacial score (nSPS) is 26.1. The molecule has 3 aliphatic rings. The number of nitrogens with zero attached hydrogens (tertiary/aromatic N) is 1. The van der Waals surface area contributed by atoms with Crippen molar-refractivity contribution < 1.29 is 19.1 Å². The predicted octanol–water partition coefficient (Wildman–Crippen LogP) is 0.501. The van der Waals surface area contributed by atoms with Gasteiger partial charge < -0.3 is 14.8 Å². The Hall–Kier alpha value is -2.32. The molecule has 140 valence electrons. The molecule has 3 N–H and O–H groups in total. The summed E-state index contributed by atoms with van der Waals surface area (Å²) in [4.78, 5) is 26.6. The van der Waals surface area contributed by atoms with Gasteiger partial charge in [-0.05, 0) is 31.5 Å². The first-order valence-electron chi connectivity index (χ1n) is 9.15. The van der Waals surface area contributed by atoms with Crippen molar-refractivity contribution in [3.63, 3.8) is 0 Å². The Kier molecular flexibility index (Phi) is 4.94. The van der Waals surface area contributed by atoms with Crippen LogP contribution in [0.2, 0.25) is 0 Å². The number of amides is 2. The Morgan fingerprint density at radius 3 is 2.92 bits per heavy atom. The van der Waals surface area contributed by atoms with Crippen LogP contribution in [0, 0.1) is 5.92 Å². The molecule has 4 rings (SSSR count). The van der Waals surface area contributed by atoms with Crippen LogP contribution in [0.1, 0.15) is 19.3 Å². The fraction of sp³-hybridized carbons (Fsp3) is 0.556. The van der Waals surface area contributed by atoms with Crippen LogP contribution in [0.5, 0.6) is 11.5 Å². The predicted molar refractivity (Wildman–Crippen MR) is 94.9 cm³/mol. The zero-order chi connectivity index (χ0) is 17.9. The number of hydrogen-bond donors (Lipinski definition) is 3. The van der Waals surface area contributed by atoms with E-state index in [-0.39, 0.29) is 23.8 Å². The highest BCUT2D eigenvalue weighted by atomic mass is 16.6. The van der Waals surface area contributed by atoms with Crippen molar-refractivity contribution >= 4 is 17.5 Å². The number of piperidine rings is 1. The second kappa shape index (κ2) is 7.51. The third-order valence-corrected chi connectivity index (χ3v) is 5.14. The lowest BCUT2D eigenvalue weighted by atomic mass is 9.94. The van der Waals surface area contributed by atoms with E-state index >= 15 is 0 Å². The molecule has 2 fully saturated rings. The van der Waals surface area contributed by atoms with Crippen LogP contribution in [-0.4, -0.2) is 55.6 Å². The van der Waals surface area contributed by atoms with E-state index in [2.05, 4.69) is 21.1 Å². The second-order valence-corrected chi connectivity index (χ2v) is 6.97. The van der Waals surface area contributed by atoms with Gasteiger partial charge in [0.2, 0.25) is 11.8 Å². The molecule has 0 spiro atoms. The van der Waals surface area contributed by atoms with Gasteiger partial charge in [0.25, 0.3) is 0 Å². The first kappa shape index (κ1) is 17.1. The van der Waals surface area contributed by atoms with E-state index < -0.39 is 0 Å². The van der Waals surface area contributed by atoms with Gasteiger partial charge in [0.1, 0.15) is 13.2 Å². The average molecular weight is 360 g/mol. The monoisotopic (exact) mass is 360 g/mol. The van der Waals surface area contributed by atoms with Gasteiger partial charge in [-0.2, -0.15) is 0 Å². The SMILES string of the molecule is O=C1CC(N2CCCC(C(=O)Nc3ccc4c(c3)OCCO4)C2)CNN1. The standard InChI is InChI=1S/C18H24N4O4/c23-17-9-14(10-19-21-17)22-5-1-2-12(11-22)18(24)20-13-3-4-15-16(8-13)26-7-6-25-15/h3-4,8,12,14,19H,1-2,5-7,9-11H2,(H,20,24)(H,21,23). The summed E-state index contributed by atoms with van der Waals surface area (Å²) in [5, 5.41) is 3.00. The number of carbonyl (C=O) groups is 2. The molecule has 1 aromatic carbocycles. The molecule has 8 heteroatoms. The minimum absolute atomic E-state index is 0.00380. The molecule has 2 amide bonds. The molecule has 3 heterocycles. The molecule has 26 heavy (non-hydrogen) atoms. The third-order valence-electron chi connectivity index (χ3n) is 5.14. The molecule has 0 radical (unpaired) electrons. The summed E-state index contributed by atoms with van der Waals surface area (Å²) in [6.07, 6.45) is 2.29. The summed E-state index contributed by atoms with van der Waals surface area (Å²) in [5.41, 5.74) is 6.27. The molecule has 8 nitrogen and oxygen atoms in total. The lowest BCUT2D eigenvalue weighted by Gasteiger charge is -2.39. The maximum atomic E-state index is 12.7. The minimum atomic E-state index is -0.0815. The Morgan fingerprint density at radius 1 is 1.23 bits per heavy atom. The van der Waals surface area contributed by atoms with Crippen LogP contribution >= 0.6 is 0 Å². The lowest BCUT2D eigenvalue weighted by Crippen LogP contribution is -2.57. The highest BCUT2D eigenvalue weighted by Gasteiger charge is 2.32. The number of hydrazine groups is 1. The van der Waals surface area contributed by atoms with E-state index in [1.165, 1.54) is 0 Å². The number of likely N-dealkylation sites (tertiary alicyclic amines) is 1. The number of ether oxygens (including phenoxy) is 2. The fourth-order valence-corrected chi connectivity index (χ4v) is 3.78. The van der Waals surface area contributed by atoms with Crippen LogP contribution in [-0.2, 0) is 9.59 Å². The highest BCUT2D eigenvalue weighted by Crippen LogP contribution is 2.33. The highest BCUT2D eigenvalue weighted by molar-refractivity contribution is 5.93. The van der Waals surface area contributed by atoms with Crippen LogP contribution in [0.4, 0.5) is 5.69 Å². The van der Waals surface area contributed by atoms with E-state index in [1.54, 1.807) is 0 Å². The number of fused-ring (bicyclic) bond motifs is 1. The molecule has 0 aromatic heterocycles. The first-order chi connectivity index (χ1) is 12.7. The summed E-state index contributed by atoms with van der Waals surface area (Å²) < 4.78 is 11.1. The van der Waals surface area contributed by atoms with Gasteiger partial charge in [0.05, 0.1) is 5.92 Å². The molecule has 0 bridgehead atoms. The summed E-state index contributed by atoms with van der Waals surface area (Å²) >= 11 is 0. The molecule has 2 atom stereocenters. The summed E-state index contributed by atoms with van der Waals surface area (Å²) in [5.74, 6) is 1.31. The molecular weight excluding hydrogens is 336 g/mol. The Labute approximate surface area is 152 Å². The third kappa shape index (κ3) is 3.76. The van der Waals surface area contributed by atoms with Gasteiger partial charge in [-0.15, -0.1) is 0 Å². The largest absolute Gasteiger partial charge is 0.486 e. The topological polar surface area (TPSA) is 91.9 Å². The summed E-state index contributed by atoms with van der Waals surface area (Å²) in [6, 6.07) is 5.61. The number of rotatable bonds is 3. The first-order valence-corrected chi connectivity index (χ1v) is 9.15. The van der Waals surface area contributed by atoms with Crippen molar-refractivity contribution in [1.29, 1.82) is 0 Å². The zero-order valence-electron chi connectivity index (χ0n) is 14.6. The van der Waals surface area contributed by atoms with Gasteiger partial charge in [0, 0.05) is 37.3 Å². The van der Waals surface area contributed by atoms with E-state index in [0.29, 0.717) is 44.2 Å². The van der Waals surface area contributed by atoms with Crippen molar-refractivity contribution in [2.45, 2.75) is 25.3 Å². The lowest BCUT2D eigenvalue weighted by molar-refractivity contribution is -0.126. The molecule has 0 saturated carbocycles. The summed E-state index contributed by atoms with van der Waals surface area (Å²) in [7, 11) is 0. The van der Waals surface area contributed by atoms with E-state index in [9.17, 15) is 9.59 Å². The average Bonchev–Trinajstić information content (AvgIpc) is 2.68. The van der Waals surface area contributed by atoms with Crippen LogP contribution < -0.4 is 25.6 Å². The van der Waals surface area contributed by atoms with Crippen LogP contribution in [0.3, 0.4) is 0 Å². The second-order valence-electron chi connectivity index (χ2n) is 6.97. The van der Waals surface area contributed by atoms with Crippen LogP contribution in [0.15, 0.2) is 18.2 Å². The maximum absolute atomic E-state index is 12.7. The van der Waals surface area contributed by atoms with Crippen LogP contribution in [0.25, 0.3) is 0 Å². The number of nitrogens with one attached hydrogen (secondary N) is 3. The molecule has 2 unspecified atom stereocenters. The van der Waals surface area contributed by atoms with Gasteiger partial charge in [-0.3, -0.25) is 19.9 Å². The zero-order valence-corrected chi connectivity index (χ0v) is 14.6. The molecule has 3 aliphatic heterocycles. The Morgan fingerprint density at radius 2 is 2.08 bits per heavy atom. The number of carbonyl (C=O) groups excluding carboxylic acids is 2. The number of hydrogen-bond acceptors (Lipinski definition) is 6. The van der Waals surface area contributed by atoms with Crippen molar-refractivity contribution in [3.05, 3.63) is 18.2 Å². The van der Waals surface area contributed by atoms with E-state index in [4.69, 9.17) is 9.47 Å². The van der Waals surface area contributed by atoms with Gasteiger partial charge in [0.15, 0.2) is 11.5 Å². The van der Waals surface area contributed by atoms with Crippen molar-refractivity contribution in [3.8, 4) is 11.5 Å². The number of anilines is 1. The molecule has 2 saturated heterocycles. The Balaban J connectivity index is 1.37. The van der Waals surface area contributed by atoms with E-state index in [0.717, 1.165) is 25.1 Å². The van der Waals surface area contributed by atoms with Crippen molar-refractivity contribution in [2.24, 2.45) is 5.92 Å². The molecule has 0 aliphatic carbocycles. The molecular formula is C18H24N4O4. The minimum Gasteiger partial charge on any atom is -0.486 e. The van der Waals surface area contributed by atoms with Gasteiger partial charge >= 0.3 is 0 Å². The summed E-state index contributed by atoms with van der Waals surface area (Å²) in [6.45, 7) is 3.38. The quantitative estimate of drug-likeness (QED) is 0.727.